The zero-order chi connectivity index (χ0) is 19.8. The molecule has 2 N–H and O–H groups in total. The predicted molar refractivity (Wildman–Crippen MR) is 94.7 cm³/mol. The van der Waals surface area contributed by atoms with Crippen molar-refractivity contribution in [2.45, 2.75) is 13.0 Å². The van der Waals surface area contributed by atoms with Crippen molar-refractivity contribution in [2.24, 2.45) is 0 Å². The molecule has 2 aromatic rings. The van der Waals surface area contributed by atoms with Crippen LogP contribution in [-0.2, 0) is 11.3 Å². The fraction of sp³-hybridized carbons (Fsp3) is 0.263. The molecule has 27 heavy (non-hydrogen) atoms. The van der Waals surface area contributed by atoms with E-state index in [1.54, 1.807) is 25.3 Å². The van der Waals surface area contributed by atoms with Gasteiger partial charge in [-0.3, -0.25) is 9.59 Å². The van der Waals surface area contributed by atoms with Crippen LogP contribution in [0.25, 0.3) is 0 Å². The molecule has 6 nitrogen and oxygen atoms in total. The fourth-order valence-corrected chi connectivity index (χ4v) is 2.34. The fourth-order valence-electron chi connectivity index (χ4n) is 2.34. The minimum atomic E-state index is -0.955. The van der Waals surface area contributed by atoms with E-state index < -0.39 is 17.5 Å². The maximum atomic E-state index is 13.5. The van der Waals surface area contributed by atoms with Gasteiger partial charge in [-0.05, 0) is 24.3 Å². The first-order valence-corrected chi connectivity index (χ1v) is 8.15. The van der Waals surface area contributed by atoms with E-state index in [0.717, 1.165) is 17.7 Å². The van der Waals surface area contributed by atoms with Gasteiger partial charge in [0.15, 0.2) is 0 Å². The molecule has 0 saturated carbocycles. The van der Waals surface area contributed by atoms with E-state index >= 15 is 0 Å². The van der Waals surface area contributed by atoms with Gasteiger partial charge < -0.3 is 20.1 Å². The second-order valence-electron chi connectivity index (χ2n) is 5.58. The Kier molecular flexibility index (Phi) is 7.10. The molecular weight excluding hydrogens is 358 g/mol. The van der Waals surface area contributed by atoms with Gasteiger partial charge in [0.25, 0.3) is 5.91 Å². The van der Waals surface area contributed by atoms with Crippen molar-refractivity contribution in [3.63, 3.8) is 0 Å². The third-order valence-electron chi connectivity index (χ3n) is 3.78. The number of hydrogen-bond donors (Lipinski definition) is 2. The number of hydrogen-bond acceptors (Lipinski definition) is 4. The highest BCUT2D eigenvalue weighted by atomic mass is 19.1. The van der Waals surface area contributed by atoms with E-state index in [9.17, 15) is 18.4 Å². The van der Waals surface area contributed by atoms with Crippen LogP contribution in [-0.4, -0.2) is 32.6 Å². The number of ether oxygens (including phenoxy) is 2. The number of methoxy groups -OCH3 is 2. The Morgan fingerprint density at radius 1 is 1.00 bits per heavy atom. The largest absolute Gasteiger partial charge is 0.497 e. The zero-order valence-electron chi connectivity index (χ0n) is 15.0. The summed E-state index contributed by atoms with van der Waals surface area (Å²) in [6.45, 7) is 0.258. The van der Waals surface area contributed by atoms with Crippen LogP contribution in [0, 0.1) is 11.6 Å². The molecule has 0 radical (unpaired) electrons. The molecule has 0 aliphatic rings. The molecule has 0 aliphatic carbocycles. The SMILES string of the molecule is COc1ccc(CNC(=O)CCNC(=O)c2ccc(F)cc2F)c(OC)c1. The van der Waals surface area contributed by atoms with Crippen molar-refractivity contribution in [3.8, 4) is 11.5 Å². The molecule has 0 spiro atoms. The highest BCUT2D eigenvalue weighted by molar-refractivity contribution is 5.94. The molecule has 2 aromatic carbocycles. The lowest BCUT2D eigenvalue weighted by Crippen LogP contribution is -2.31. The molecule has 0 unspecified atom stereocenters. The summed E-state index contributed by atoms with van der Waals surface area (Å²) in [5, 5.41) is 5.13. The summed E-state index contributed by atoms with van der Waals surface area (Å²) in [4.78, 5) is 23.8. The summed E-state index contributed by atoms with van der Waals surface area (Å²) in [5.41, 5.74) is 0.490. The lowest BCUT2D eigenvalue weighted by molar-refractivity contribution is -0.121. The standard InChI is InChI=1S/C19H20F2N2O4/c1-26-14-5-3-12(17(10-14)27-2)11-23-18(24)7-8-22-19(25)15-6-4-13(20)9-16(15)21/h3-6,9-10H,7-8,11H2,1-2H3,(H,22,25)(H,23,24). The van der Waals surface area contributed by atoms with Gasteiger partial charge >= 0.3 is 0 Å². The highest BCUT2D eigenvalue weighted by Crippen LogP contribution is 2.24. The third kappa shape index (κ3) is 5.67. The van der Waals surface area contributed by atoms with Gasteiger partial charge in [0.2, 0.25) is 5.91 Å². The monoisotopic (exact) mass is 378 g/mol. The number of carbonyl (C=O) groups is 2. The first kappa shape index (κ1) is 20.2. The van der Waals surface area contributed by atoms with E-state index in [4.69, 9.17) is 9.47 Å². The molecule has 0 atom stereocenters. The van der Waals surface area contributed by atoms with Gasteiger partial charge in [0.1, 0.15) is 23.1 Å². The summed E-state index contributed by atoms with van der Waals surface area (Å²) < 4.78 is 36.7. The molecule has 2 amide bonds. The van der Waals surface area contributed by atoms with Crippen molar-refractivity contribution in [1.29, 1.82) is 0 Å². The van der Waals surface area contributed by atoms with E-state index in [1.807, 2.05) is 0 Å². The lowest BCUT2D eigenvalue weighted by Gasteiger charge is -2.11. The van der Waals surface area contributed by atoms with Gasteiger partial charge in [-0.1, -0.05) is 0 Å². The average molecular weight is 378 g/mol. The van der Waals surface area contributed by atoms with E-state index in [1.165, 1.54) is 7.11 Å². The zero-order valence-corrected chi connectivity index (χ0v) is 15.0. The van der Waals surface area contributed by atoms with Crippen molar-refractivity contribution in [3.05, 3.63) is 59.2 Å². The van der Waals surface area contributed by atoms with Crippen LogP contribution in [0.2, 0.25) is 0 Å². The summed E-state index contributed by atoms with van der Waals surface area (Å²) in [5.74, 6) is -1.52. The Morgan fingerprint density at radius 2 is 1.78 bits per heavy atom. The molecule has 0 bridgehead atoms. The Hall–Kier alpha value is -3.16. The summed E-state index contributed by atoms with van der Waals surface area (Å²) in [6, 6.07) is 7.91. The van der Waals surface area contributed by atoms with E-state index in [0.29, 0.717) is 17.6 Å². The van der Waals surface area contributed by atoms with E-state index in [2.05, 4.69) is 10.6 Å². The number of amides is 2. The van der Waals surface area contributed by atoms with Crippen LogP contribution in [0.4, 0.5) is 8.78 Å². The highest BCUT2D eigenvalue weighted by Gasteiger charge is 2.13. The van der Waals surface area contributed by atoms with Crippen molar-refractivity contribution >= 4 is 11.8 Å². The quantitative estimate of drug-likeness (QED) is 0.740. The van der Waals surface area contributed by atoms with Crippen molar-refractivity contribution in [1.82, 2.24) is 10.6 Å². The molecule has 0 saturated heterocycles. The Morgan fingerprint density at radius 3 is 2.44 bits per heavy atom. The molecule has 0 heterocycles. The van der Waals surface area contributed by atoms with Crippen LogP contribution in [0.3, 0.4) is 0 Å². The van der Waals surface area contributed by atoms with Crippen LogP contribution in [0.5, 0.6) is 11.5 Å². The van der Waals surface area contributed by atoms with Gasteiger partial charge in [-0.2, -0.15) is 0 Å². The minimum absolute atomic E-state index is 0.00697. The molecule has 0 fully saturated rings. The van der Waals surface area contributed by atoms with E-state index in [-0.39, 0.29) is 31.0 Å². The number of rotatable bonds is 8. The molecule has 0 aliphatic heterocycles. The van der Waals surface area contributed by atoms with Gasteiger partial charge in [-0.25, -0.2) is 8.78 Å². The summed E-state index contributed by atoms with van der Waals surface area (Å²) in [7, 11) is 3.06. The van der Waals surface area contributed by atoms with Crippen LogP contribution >= 0.6 is 0 Å². The lowest BCUT2D eigenvalue weighted by atomic mass is 10.2. The second kappa shape index (κ2) is 9.51. The Bertz CT molecular complexity index is 827. The average Bonchev–Trinajstić information content (AvgIpc) is 2.66. The van der Waals surface area contributed by atoms with Crippen LogP contribution < -0.4 is 20.1 Å². The smallest absolute Gasteiger partial charge is 0.254 e. The molecular formula is C19H20F2N2O4. The first-order valence-electron chi connectivity index (χ1n) is 8.15. The maximum absolute atomic E-state index is 13.5. The normalized spacial score (nSPS) is 10.2. The number of halogens is 2. The molecule has 2 rings (SSSR count). The maximum Gasteiger partial charge on any atom is 0.254 e. The Balaban J connectivity index is 1.80. The number of benzene rings is 2. The van der Waals surface area contributed by atoms with Gasteiger partial charge in [-0.15, -0.1) is 0 Å². The van der Waals surface area contributed by atoms with Crippen molar-refractivity contribution in [2.75, 3.05) is 20.8 Å². The van der Waals surface area contributed by atoms with Crippen molar-refractivity contribution < 1.29 is 27.8 Å². The molecule has 0 aromatic heterocycles. The second-order valence-corrected chi connectivity index (χ2v) is 5.58. The van der Waals surface area contributed by atoms with Crippen LogP contribution in [0.1, 0.15) is 22.3 Å². The first-order chi connectivity index (χ1) is 12.9. The predicted octanol–water partition coefficient (Wildman–Crippen LogP) is 2.42. The number of carbonyl (C=O) groups excluding carboxylic acids is 2. The molecule has 144 valence electrons. The molecule has 8 heteroatoms. The summed E-state index contributed by atoms with van der Waals surface area (Å²) in [6.07, 6.45) is 0.00697. The Labute approximate surface area is 155 Å². The van der Waals surface area contributed by atoms with Gasteiger partial charge in [0, 0.05) is 37.2 Å². The minimum Gasteiger partial charge on any atom is -0.497 e. The summed E-state index contributed by atoms with van der Waals surface area (Å²) >= 11 is 0. The number of nitrogens with one attached hydrogen (secondary N) is 2. The van der Waals surface area contributed by atoms with Crippen LogP contribution in [0.15, 0.2) is 36.4 Å². The topological polar surface area (TPSA) is 76.7 Å². The van der Waals surface area contributed by atoms with Gasteiger partial charge in [0.05, 0.1) is 19.8 Å². The third-order valence-corrected chi connectivity index (χ3v) is 3.78.